The molecule has 1 saturated heterocycles. The maximum atomic E-state index is 11.2. The number of pyridine rings is 1. The van der Waals surface area contributed by atoms with E-state index in [-0.39, 0.29) is 5.91 Å². The van der Waals surface area contributed by atoms with Crippen molar-refractivity contribution in [2.24, 2.45) is 7.05 Å². The highest BCUT2D eigenvalue weighted by molar-refractivity contribution is 7.15. The number of rotatable bonds is 4. The number of piperidine rings is 1. The zero-order valence-electron chi connectivity index (χ0n) is 16.0. The van der Waals surface area contributed by atoms with Crippen molar-refractivity contribution in [1.82, 2.24) is 19.4 Å². The van der Waals surface area contributed by atoms with Gasteiger partial charge in [0.2, 0.25) is 5.91 Å². The highest BCUT2D eigenvalue weighted by atomic mass is 32.1. The molecule has 1 aliphatic heterocycles. The first-order chi connectivity index (χ1) is 13.0. The van der Waals surface area contributed by atoms with Crippen LogP contribution in [-0.4, -0.2) is 38.4 Å². The summed E-state index contributed by atoms with van der Waals surface area (Å²) in [6.07, 6.45) is 6.34. The maximum Gasteiger partial charge on any atom is 0.223 e. The molecular weight excluding hydrogens is 358 g/mol. The molecular formula is C20H25N5OS. The third kappa shape index (κ3) is 3.89. The summed E-state index contributed by atoms with van der Waals surface area (Å²) >= 11 is 1.56. The summed E-state index contributed by atoms with van der Waals surface area (Å²) in [6, 6.07) is 4.41. The molecule has 1 unspecified atom stereocenters. The van der Waals surface area contributed by atoms with E-state index in [0.29, 0.717) is 11.0 Å². The first kappa shape index (κ1) is 18.1. The molecule has 1 N–H and O–H groups in total. The zero-order chi connectivity index (χ0) is 19.0. The Labute approximate surface area is 163 Å². The van der Waals surface area contributed by atoms with Gasteiger partial charge < -0.3 is 9.88 Å². The van der Waals surface area contributed by atoms with E-state index in [1.54, 1.807) is 11.3 Å². The number of carbonyl (C=O) groups excluding carboxylic acids is 1. The number of likely N-dealkylation sites (tertiary alicyclic amines) is 1. The minimum absolute atomic E-state index is 0.0759. The van der Waals surface area contributed by atoms with Crippen molar-refractivity contribution in [2.45, 2.75) is 39.2 Å². The van der Waals surface area contributed by atoms with Crippen LogP contribution in [0, 0.1) is 6.92 Å². The maximum absolute atomic E-state index is 11.2. The minimum Gasteiger partial charge on any atom is -0.349 e. The topological polar surface area (TPSA) is 63.1 Å². The van der Waals surface area contributed by atoms with Crippen LogP contribution in [0.15, 0.2) is 24.5 Å². The van der Waals surface area contributed by atoms with Crippen LogP contribution in [-0.2, 0) is 18.4 Å². The molecule has 27 heavy (non-hydrogen) atoms. The van der Waals surface area contributed by atoms with Crippen LogP contribution in [0.2, 0.25) is 0 Å². The summed E-state index contributed by atoms with van der Waals surface area (Å²) in [4.78, 5) is 24.0. The first-order valence-corrected chi connectivity index (χ1v) is 10.2. The summed E-state index contributed by atoms with van der Waals surface area (Å²) in [6.45, 7) is 6.65. The number of aryl methyl sites for hydroxylation is 2. The van der Waals surface area contributed by atoms with Crippen molar-refractivity contribution in [1.29, 1.82) is 0 Å². The van der Waals surface area contributed by atoms with E-state index in [1.165, 1.54) is 35.7 Å². The second-order valence-electron chi connectivity index (χ2n) is 7.38. The molecule has 3 aromatic heterocycles. The van der Waals surface area contributed by atoms with Crippen molar-refractivity contribution in [3.05, 3.63) is 40.7 Å². The Morgan fingerprint density at radius 3 is 3.11 bits per heavy atom. The van der Waals surface area contributed by atoms with E-state index in [2.05, 4.69) is 52.1 Å². The number of hydrogen-bond donors (Lipinski definition) is 1. The summed E-state index contributed by atoms with van der Waals surface area (Å²) in [5.41, 5.74) is 4.79. The van der Waals surface area contributed by atoms with Gasteiger partial charge in [0.25, 0.3) is 0 Å². The second kappa shape index (κ2) is 7.40. The second-order valence-corrected chi connectivity index (χ2v) is 8.50. The number of aromatic nitrogens is 3. The van der Waals surface area contributed by atoms with Gasteiger partial charge in [-0.15, -0.1) is 11.3 Å². The fourth-order valence-electron chi connectivity index (χ4n) is 3.97. The Bertz CT molecular complexity index is 976. The number of amides is 1. The molecule has 4 rings (SSSR count). The molecule has 0 saturated carbocycles. The normalized spacial score (nSPS) is 18.1. The molecule has 0 aromatic carbocycles. The SMILES string of the molecule is CC(=O)Nc1ncc(CN2CCCC(c3cc4c(ccn4C)nc3C)C2)s1. The predicted molar refractivity (Wildman–Crippen MR) is 109 cm³/mol. The van der Waals surface area contributed by atoms with Gasteiger partial charge in [0.1, 0.15) is 0 Å². The molecule has 0 radical (unpaired) electrons. The molecule has 4 heterocycles. The zero-order valence-corrected chi connectivity index (χ0v) is 16.8. The lowest BCUT2D eigenvalue weighted by atomic mass is 9.89. The molecule has 142 valence electrons. The lowest BCUT2D eigenvalue weighted by Gasteiger charge is -2.33. The average Bonchev–Trinajstić information content (AvgIpc) is 3.20. The van der Waals surface area contributed by atoms with Crippen LogP contribution in [0.3, 0.4) is 0 Å². The largest absolute Gasteiger partial charge is 0.349 e. The summed E-state index contributed by atoms with van der Waals surface area (Å²) in [5, 5.41) is 3.44. The number of thiazole rings is 1. The predicted octanol–water partition coefficient (Wildman–Crippen LogP) is 3.68. The fourth-order valence-corrected chi connectivity index (χ4v) is 4.87. The van der Waals surface area contributed by atoms with Crippen LogP contribution in [0.1, 0.15) is 41.8 Å². The van der Waals surface area contributed by atoms with E-state index in [0.717, 1.165) is 30.8 Å². The number of nitrogens with zero attached hydrogens (tertiary/aromatic N) is 4. The van der Waals surface area contributed by atoms with Gasteiger partial charge in [-0.05, 0) is 49.9 Å². The summed E-state index contributed by atoms with van der Waals surface area (Å²) in [7, 11) is 2.08. The van der Waals surface area contributed by atoms with Gasteiger partial charge in [-0.2, -0.15) is 0 Å². The van der Waals surface area contributed by atoms with Gasteiger partial charge in [0.15, 0.2) is 5.13 Å². The average molecular weight is 384 g/mol. The molecule has 0 bridgehead atoms. The number of fused-ring (bicyclic) bond motifs is 1. The van der Waals surface area contributed by atoms with Crippen LogP contribution in [0.25, 0.3) is 11.0 Å². The van der Waals surface area contributed by atoms with Crippen molar-refractivity contribution < 1.29 is 4.79 Å². The van der Waals surface area contributed by atoms with E-state index in [4.69, 9.17) is 4.98 Å². The minimum atomic E-state index is -0.0759. The smallest absolute Gasteiger partial charge is 0.223 e. The van der Waals surface area contributed by atoms with Crippen LogP contribution in [0.5, 0.6) is 0 Å². The molecule has 1 atom stereocenters. The van der Waals surface area contributed by atoms with Crippen molar-refractivity contribution in [3.8, 4) is 0 Å². The van der Waals surface area contributed by atoms with Gasteiger partial charge >= 0.3 is 0 Å². The third-order valence-corrected chi connectivity index (χ3v) is 6.16. The quantitative estimate of drug-likeness (QED) is 0.747. The Kier molecular flexibility index (Phi) is 4.97. The van der Waals surface area contributed by atoms with E-state index >= 15 is 0 Å². The highest BCUT2D eigenvalue weighted by Gasteiger charge is 2.24. The lowest BCUT2D eigenvalue weighted by molar-refractivity contribution is -0.114. The van der Waals surface area contributed by atoms with Crippen LogP contribution < -0.4 is 5.32 Å². The molecule has 7 heteroatoms. The Balaban J connectivity index is 1.49. The third-order valence-electron chi connectivity index (χ3n) is 5.26. The van der Waals surface area contributed by atoms with Gasteiger partial charge in [-0.25, -0.2) is 4.98 Å². The summed E-state index contributed by atoms with van der Waals surface area (Å²) in [5.74, 6) is 0.432. The first-order valence-electron chi connectivity index (χ1n) is 9.37. The number of hydrogen-bond acceptors (Lipinski definition) is 5. The molecule has 1 amide bonds. The molecule has 6 nitrogen and oxygen atoms in total. The van der Waals surface area contributed by atoms with Crippen molar-refractivity contribution in [3.63, 3.8) is 0 Å². The van der Waals surface area contributed by atoms with Crippen LogP contribution in [0.4, 0.5) is 5.13 Å². The fraction of sp³-hybridized carbons (Fsp3) is 0.450. The lowest BCUT2D eigenvalue weighted by Crippen LogP contribution is -2.34. The van der Waals surface area contributed by atoms with Gasteiger partial charge in [0.05, 0.1) is 11.0 Å². The number of nitrogens with one attached hydrogen (secondary N) is 1. The van der Waals surface area contributed by atoms with Gasteiger partial charge in [-0.3, -0.25) is 14.7 Å². The monoisotopic (exact) mass is 383 g/mol. The van der Waals surface area contributed by atoms with E-state index in [9.17, 15) is 4.79 Å². The van der Waals surface area contributed by atoms with Gasteiger partial charge in [0, 0.05) is 50.0 Å². The van der Waals surface area contributed by atoms with E-state index < -0.39 is 0 Å². The van der Waals surface area contributed by atoms with Crippen molar-refractivity contribution >= 4 is 33.4 Å². The number of carbonyl (C=O) groups is 1. The van der Waals surface area contributed by atoms with Gasteiger partial charge in [-0.1, -0.05) is 0 Å². The van der Waals surface area contributed by atoms with Crippen molar-refractivity contribution in [2.75, 3.05) is 18.4 Å². The Hall–Kier alpha value is -2.25. The molecule has 0 aliphatic carbocycles. The standard InChI is InChI=1S/C20H25N5OS/c1-13-17(9-19-18(22-13)6-8-24(19)3)15-5-4-7-25(11-15)12-16-10-21-20(27-16)23-14(2)26/h6,8-10,15H,4-5,7,11-12H2,1-3H3,(H,21,23,26). The summed E-state index contributed by atoms with van der Waals surface area (Å²) < 4.78 is 2.15. The van der Waals surface area contributed by atoms with Crippen LogP contribution >= 0.6 is 11.3 Å². The molecule has 0 spiro atoms. The highest BCUT2D eigenvalue weighted by Crippen LogP contribution is 2.32. The Morgan fingerprint density at radius 1 is 1.44 bits per heavy atom. The molecule has 1 fully saturated rings. The molecule has 3 aromatic rings. The Morgan fingerprint density at radius 2 is 2.30 bits per heavy atom. The molecule has 1 aliphatic rings. The number of anilines is 1. The van der Waals surface area contributed by atoms with E-state index in [1.807, 2.05) is 6.20 Å².